The van der Waals surface area contributed by atoms with E-state index in [4.69, 9.17) is 23.2 Å². The van der Waals surface area contributed by atoms with Gasteiger partial charge in [-0.25, -0.2) is 8.42 Å². The van der Waals surface area contributed by atoms with Gasteiger partial charge in [0.05, 0.1) is 15.6 Å². The van der Waals surface area contributed by atoms with Crippen LogP contribution in [0.5, 0.6) is 0 Å². The summed E-state index contributed by atoms with van der Waals surface area (Å²) in [6.07, 6.45) is 2.73. The zero-order chi connectivity index (χ0) is 22.9. The highest BCUT2D eigenvalue weighted by Gasteiger charge is 2.18. The van der Waals surface area contributed by atoms with Gasteiger partial charge in [0.15, 0.2) is 9.84 Å². The summed E-state index contributed by atoms with van der Waals surface area (Å²) in [4.78, 5) is 13.3. The number of aromatic nitrogens is 2. The minimum absolute atomic E-state index is 0.118. The first kappa shape index (κ1) is 22.1. The number of halogens is 2. The SMILES string of the molecule is CS(=O)(=O)c1ccc(C(=O)Nc2ccc(Cl)c(-c3ccn[nH]3)c2)c(-c2ccc(Cl)cc2)c1. The molecule has 0 bridgehead atoms. The van der Waals surface area contributed by atoms with Gasteiger partial charge in [-0.15, -0.1) is 0 Å². The van der Waals surface area contributed by atoms with Crippen molar-refractivity contribution in [3.8, 4) is 22.4 Å². The van der Waals surface area contributed by atoms with Crippen molar-refractivity contribution in [2.75, 3.05) is 11.6 Å². The van der Waals surface area contributed by atoms with E-state index in [1.807, 2.05) is 0 Å². The molecule has 0 radical (unpaired) electrons. The van der Waals surface area contributed by atoms with Gasteiger partial charge in [-0.2, -0.15) is 5.10 Å². The maximum absolute atomic E-state index is 13.2. The van der Waals surface area contributed by atoms with E-state index in [1.165, 1.54) is 18.2 Å². The number of hydrogen-bond donors (Lipinski definition) is 2. The van der Waals surface area contributed by atoms with Crippen molar-refractivity contribution in [2.24, 2.45) is 0 Å². The van der Waals surface area contributed by atoms with E-state index in [1.54, 1.807) is 54.7 Å². The Balaban J connectivity index is 1.74. The molecule has 3 aromatic carbocycles. The van der Waals surface area contributed by atoms with Gasteiger partial charge in [0.2, 0.25) is 0 Å². The van der Waals surface area contributed by atoms with Crippen molar-refractivity contribution >= 4 is 44.6 Å². The van der Waals surface area contributed by atoms with Crippen LogP contribution in [0.3, 0.4) is 0 Å². The van der Waals surface area contributed by atoms with Crippen molar-refractivity contribution in [1.82, 2.24) is 10.2 Å². The molecule has 9 heteroatoms. The Bertz CT molecular complexity index is 1400. The Morgan fingerprint density at radius 1 is 0.938 bits per heavy atom. The minimum atomic E-state index is -3.46. The first-order valence-corrected chi connectivity index (χ1v) is 12.1. The standard InChI is InChI=1S/C23H17Cl2N3O3S/c1-32(30,31)17-7-8-18(19(13-17)14-2-4-15(24)5-3-14)23(29)27-16-6-9-21(25)20(12-16)22-10-11-26-28-22/h2-13H,1H3,(H,26,28)(H,27,29). The summed E-state index contributed by atoms with van der Waals surface area (Å²) in [5.74, 6) is -0.395. The van der Waals surface area contributed by atoms with Crippen molar-refractivity contribution in [2.45, 2.75) is 4.90 Å². The molecular weight excluding hydrogens is 469 g/mol. The lowest BCUT2D eigenvalue weighted by Crippen LogP contribution is -2.14. The molecule has 0 fully saturated rings. The Labute approximate surface area is 195 Å². The third-order valence-corrected chi connectivity index (χ3v) is 6.53. The molecule has 0 spiro atoms. The molecule has 0 atom stereocenters. The highest BCUT2D eigenvalue weighted by molar-refractivity contribution is 7.90. The molecule has 6 nitrogen and oxygen atoms in total. The Morgan fingerprint density at radius 3 is 2.34 bits per heavy atom. The summed E-state index contributed by atoms with van der Waals surface area (Å²) in [5.41, 5.74) is 3.39. The van der Waals surface area contributed by atoms with Crippen LogP contribution in [0.4, 0.5) is 5.69 Å². The van der Waals surface area contributed by atoms with E-state index < -0.39 is 15.7 Å². The molecule has 0 saturated carbocycles. The third-order valence-electron chi connectivity index (χ3n) is 4.83. The van der Waals surface area contributed by atoms with Crippen molar-refractivity contribution < 1.29 is 13.2 Å². The van der Waals surface area contributed by atoms with Crippen LogP contribution in [-0.4, -0.2) is 30.8 Å². The number of sulfone groups is 1. The first-order chi connectivity index (χ1) is 15.2. The number of benzene rings is 3. The van der Waals surface area contributed by atoms with Crippen LogP contribution < -0.4 is 5.32 Å². The fourth-order valence-corrected chi connectivity index (χ4v) is 4.23. The average Bonchev–Trinajstić information content (AvgIpc) is 3.29. The first-order valence-electron chi connectivity index (χ1n) is 9.43. The molecule has 4 rings (SSSR count). The fourth-order valence-electron chi connectivity index (χ4n) is 3.23. The van der Waals surface area contributed by atoms with Gasteiger partial charge in [0, 0.05) is 34.3 Å². The second-order valence-corrected chi connectivity index (χ2v) is 9.96. The number of anilines is 1. The normalized spacial score (nSPS) is 11.3. The van der Waals surface area contributed by atoms with Crippen LogP contribution in [0.15, 0.2) is 77.8 Å². The smallest absolute Gasteiger partial charge is 0.256 e. The maximum Gasteiger partial charge on any atom is 0.256 e. The maximum atomic E-state index is 13.2. The van der Waals surface area contributed by atoms with Crippen LogP contribution in [0.2, 0.25) is 10.0 Å². The lowest BCUT2D eigenvalue weighted by Gasteiger charge is -2.13. The molecule has 0 saturated heterocycles. The fraction of sp³-hybridized carbons (Fsp3) is 0.0435. The molecular formula is C23H17Cl2N3O3S. The Hall–Kier alpha value is -3.13. The monoisotopic (exact) mass is 485 g/mol. The number of carbonyl (C=O) groups is 1. The molecule has 162 valence electrons. The van der Waals surface area contributed by atoms with Gasteiger partial charge in [0.25, 0.3) is 5.91 Å². The number of aromatic amines is 1. The number of rotatable bonds is 5. The number of nitrogens with zero attached hydrogens (tertiary/aromatic N) is 1. The molecule has 1 aromatic heterocycles. The summed E-state index contributed by atoms with van der Waals surface area (Å²) in [7, 11) is -3.46. The quantitative estimate of drug-likeness (QED) is 0.378. The van der Waals surface area contributed by atoms with Crippen molar-refractivity contribution in [3.05, 3.63) is 88.5 Å². The molecule has 0 aliphatic rings. The van der Waals surface area contributed by atoms with Crippen molar-refractivity contribution in [1.29, 1.82) is 0 Å². The number of amides is 1. The van der Waals surface area contributed by atoms with Gasteiger partial charge < -0.3 is 5.32 Å². The second kappa shape index (κ2) is 8.78. The largest absolute Gasteiger partial charge is 0.322 e. The molecule has 4 aromatic rings. The second-order valence-electron chi connectivity index (χ2n) is 7.11. The van der Waals surface area contributed by atoms with Crippen LogP contribution in [0.1, 0.15) is 10.4 Å². The number of nitrogens with one attached hydrogen (secondary N) is 2. The third kappa shape index (κ3) is 4.70. The van der Waals surface area contributed by atoms with E-state index in [2.05, 4.69) is 15.5 Å². The molecule has 0 unspecified atom stereocenters. The van der Waals surface area contributed by atoms with E-state index >= 15 is 0 Å². The predicted molar refractivity (Wildman–Crippen MR) is 127 cm³/mol. The van der Waals surface area contributed by atoms with Gasteiger partial charge >= 0.3 is 0 Å². The van der Waals surface area contributed by atoms with Crippen LogP contribution in [0.25, 0.3) is 22.4 Å². The number of H-pyrrole nitrogens is 1. The molecule has 0 aliphatic heterocycles. The summed E-state index contributed by atoms with van der Waals surface area (Å²) >= 11 is 12.3. The molecule has 2 N–H and O–H groups in total. The van der Waals surface area contributed by atoms with Gasteiger partial charge in [-0.3, -0.25) is 9.89 Å². The topological polar surface area (TPSA) is 91.9 Å². The summed E-state index contributed by atoms with van der Waals surface area (Å²) in [6.45, 7) is 0. The molecule has 32 heavy (non-hydrogen) atoms. The summed E-state index contributed by atoms with van der Waals surface area (Å²) in [6, 6.07) is 18.1. The lowest BCUT2D eigenvalue weighted by molar-refractivity contribution is 0.102. The molecule has 1 amide bonds. The Kier molecular flexibility index (Phi) is 6.06. The van der Waals surface area contributed by atoms with Gasteiger partial charge in [-0.05, 0) is 65.7 Å². The highest BCUT2D eigenvalue weighted by Crippen LogP contribution is 2.31. The summed E-state index contributed by atoms with van der Waals surface area (Å²) < 4.78 is 24.2. The van der Waals surface area contributed by atoms with Crippen LogP contribution >= 0.6 is 23.2 Å². The zero-order valence-electron chi connectivity index (χ0n) is 16.8. The lowest BCUT2D eigenvalue weighted by atomic mass is 9.99. The molecule has 1 heterocycles. The molecule has 0 aliphatic carbocycles. The highest BCUT2D eigenvalue weighted by atomic mass is 35.5. The van der Waals surface area contributed by atoms with Gasteiger partial charge in [-0.1, -0.05) is 35.3 Å². The Morgan fingerprint density at radius 2 is 1.69 bits per heavy atom. The van der Waals surface area contributed by atoms with E-state index in [0.717, 1.165) is 6.26 Å². The van der Waals surface area contributed by atoms with E-state index in [-0.39, 0.29) is 4.90 Å². The van der Waals surface area contributed by atoms with Crippen LogP contribution in [-0.2, 0) is 9.84 Å². The van der Waals surface area contributed by atoms with E-state index in [0.29, 0.717) is 43.7 Å². The van der Waals surface area contributed by atoms with E-state index in [9.17, 15) is 13.2 Å². The summed E-state index contributed by atoms with van der Waals surface area (Å²) in [5, 5.41) is 10.7. The van der Waals surface area contributed by atoms with Gasteiger partial charge in [0.1, 0.15) is 0 Å². The van der Waals surface area contributed by atoms with Crippen molar-refractivity contribution in [3.63, 3.8) is 0 Å². The zero-order valence-corrected chi connectivity index (χ0v) is 19.1. The predicted octanol–water partition coefficient (Wildman–Crippen LogP) is 5.71. The average molecular weight is 486 g/mol. The van der Waals surface area contributed by atoms with Crippen LogP contribution in [0, 0.1) is 0 Å². The minimum Gasteiger partial charge on any atom is -0.322 e. The number of hydrogen-bond acceptors (Lipinski definition) is 4. The number of carbonyl (C=O) groups excluding carboxylic acids is 1.